The van der Waals surface area contributed by atoms with E-state index in [1.165, 1.54) is 19.1 Å². The van der Waals surface area contributed by atoms with Gasteiger partial charge in [-0.05, 0) is 30.5 Å². The number of nitrogens with one attached hydrogen (secondary N) is 2. The lowest BCUT2D eigenvalue weighted by atomic mass is 10.1. The number of hydrogen-bond donors (Lipinski definition) is 2. The Kier molecular flexibility index (Phi) is 11.2. The molecule has 23 heavy (non-hydrogen) atoms. The smallest absolute Gasteiger partial charge is 0.190 e. The van der Waals surface area contributed by atoms with Crippen molar-refractivity contribution in [1.82, 2.24) is 10.6 Å². The van der Waals surface area contributed by atoms with E-state index in [0.29, 0.717) is 4.90 Å². The number of aliphatic imine (C=N–C) groups is 1. The van der Waals surface area contributed by atoms with Gasteiger partial charge in [-0.2, -0.15) is 0 Å². The van der Waals surface area contributed by atoms with Crippen LogP contribution in [-0.2, 0) is 16.3 Å². The Balaban J connectivity index is 0.00000484. The summed E-state index contributed by atoms with van der Waals surface area (Å²) in [6.45, 7) is 3.87. The minimum atomic E-state index is -3.12. The molecular weight excluding hydrogens is 425 g/mol. The second-order valence-corrected chi connectivity index (χ2v) is 7.31. The van der Waals surface area contributed by atoms with Gasteiger partial charge in [0.2, 0.25) is 0 Å². The standard InChI is InChI=1S/C16H27N3O2S.HI/c1-4-5-6-12-18-16(17-2)19-13-11-14-7-9-15(10-8-14)22(3,20)21;/h7-10H,4-6,11-13H2,1-3H3,(H2,17,18,19);1H. The van der Waals surface area contributed by atoms with Crippen molar-refractivity contribution < 1.29 is 8.42 Å². The monoisotopic (exact) mass is 453 g/mol. The number of sulfone groups is 1. The molecule has 132 valence electrons. The highest BCUT2D eigenvalue weighted by molar-refractivity contribution is 14.0. The largest absolute Gasteiger partial charge is 0.356 e. The van der Waals surface area contributed by atoms with E-state index in [4.69, 9.17) is 0 Å². The molecule has 0 aliphatic carbocycles. The van der Waals surface area contributed by atoms with Gasteiger partial charge in [0.15, 0.2) is 15.8 Å². The van der Waals surface area contributed by atoms with Crippen molar-refractivity contribution in [3.05, 3.63) is 29.8 Å². The van der Waals surface area contributed by atoms with E-state index in [0.717, 1.165) is 37.5 Å². The summed E-state index contributed by atoms with van der Waals surface area (Å²) in [5, 5.41) is 6.54. The summed E-state index contributed by atoms with van der Waals surface area (Å²) in [6.07, 6.45) is 5.61. The first-order valence-corrected chi connectivity index (χ1v) is 9.60. The normalized spacial score (nSPS) is 11.7. The van der Waals surface area contributed by atoms with Crippen molar-refractivity contribution in [3.63, 3.8) is 0 Å². The molecular formula is C16H28IN3O2S. The van der Waals surface area contributed by atoms with Crippen molar-refractivity contribution in [1.29, 1.82) is 0 Å². The number of nitrogens with zero attached hydrogens (tertiary/aromatic N) is 1. The summed E-state index contributed by atoms with van der Waals surface area (Å²) in [6, 6.07) is 7.02. The third-order valence-corrected chi connectivity index (χ3v) is 4.48. The van der Waals surface area contributed by atoms with E-state index < -0.39 is 9.84 Å². The zero-order chi connectivity index (χ0) is 16.4. The molecule has 0 saturated carbocycles. The van der Waals surface area contributed by atoms with E-state index in [1.807, 2.05) is 12.1 Å². The van der Waals surface area contributed by atoms with E-state index in [1.54, 1.807) is 19.2 Å². The van der Waals surface area contributed by atoms with Gasteiger partial charge in [-0.1, -0.05) is 31.9 Å². The molecule has 0 bridgehead atoms. The van der Waals surface area contributed by atoms with Crippen LogP contribution in [0.5, 0.6) is 0 Å². The van der Waals surface area contributed by atoms with Crippen LogP contribution in [0, 0.1) is 0 Å². The predicted octanol–water partition coefficient (Wildman–Crippen LogP) is 2.61. The lowest BCUT2D eigenvalue weighted by Gasteiger charge is -2.11. The van der Waals surface area contributed by atoms with E-state index in [-0.39, 0.29) is 24.0 Å². The van der Waals surface area contributed by atoms with Crippen LogP contribution in [0.3, 0.4) is 0 Å². The lowest BCUT2D eigenvalue weighted by Crippen LogP contribution is -2.38. The van der Waals surface area contributed by atoms with E-state index in [2.05, 4.69) is 22.5 Å². The molecule has 2 N–H and O–H groups in total. The number of halogens is 1. The predicted molar refractivity (Wildman–Crippen MR) is 108 cm³/mol. The van der Waals surface area contributed by atoms with Gasteiger partial charge in [-0.25, -0.2) is 8.42 Å². The van der Waals surface area contributed by atoms with Crippen molar-refractivity contribution in [3.8, 4) is 0 Å². The summed E-state index contributed by atoms with van der Waals surface area (Å²) in [4.78, 5) is 4.54. The maximum absolute atomic E-state index is 11.4. The topological polar surface area (TPSA) is 70.6 Å². The zero-order valence-electron chi connectivity index (χ0n) is 14.1. The summed E-state index contributed by atoms with van der Waals surface area (Å²) < 4.78 is 22.8. The Bertz CT molecular complexity index is 571. The Morgan fingerprint density at radius 3 is 2.22 bits per heavy atom. The van der Waals surface area contributed by atoms with E-state index >= 15 is 0 Å². The van der Waals surface area contributed by atoms with Gasteiger partial charge in [-0.15, -0.1) is 24.0 Å². The minimum absolute atomic E-state index is 0. The summed E-state index contributed by atoms with van der Waals surface area (Å²) >= 11 is 0. The van der Waals surface area contributed by atoms with Crippen LogP contribution < -0.4 is 10.6 Å². The minimum Gasteiger partial charge on any atom is -0.356 e. The lowest BCUT2D eigenvalue weighted by molar-refractivity contribution is 0.602. The highest BCUT2D eigenvalue weighted by Gasteiger charge is 2.06. The molecule has 0 spiro atoms. The first-order chi connectivity index (χ1) is 10.5. The van der Waals surface area contributed by atoms with Crippen LogP contribution in [-0.4, -0.2) is 40.8 Å². The van der Waals surface area contributed by atoms with Gasteiger partial charge in [0, 0.05) is 26.4 Å². The zero-order valence-corrected chi connectivity index (χ0v) is 17.3. The molecule has 0 fully saturated rings. The fourth-order valence-corrected chi connectivity index (χ4v) is 2.66. The Labute approximate surface area is 157 Å². The van der Waals surface area contributed by atoms with Crippen LogP contribution in [0.1, 0.15) is 31.7 Å². The highest BCUT2D eigenvalue weighted by Crippen LogP contribution is 2.10. The fourth-order valence-electron chi connectivity index (χ4n) is 2.03. The van der Waals surface area contributed by atoms with Crippen LogP contribution in [0.4, 0.5) is 0 Å². The molecule has 0 atom stereocenters. The van der Waals surface area contributed by atoms with Crippen molar-refractivity contribution in [2.45, 2.75) is 37.5 Å². The van der Waals surface area contributed by atoms with Gasteiger partial charge in [0.1, 0.15) is 0 Å². The molecule has 0 aliphatic rings. The van der Waals surface area contributed by atoms with Crippen molar-refractivity contribution >= 4 is 39.8 Å². The molecule has 0 heterocycles. The Morgan fingerprint density at radius 2 is 1.70 bits per heavy atom. The average molecular weight is 453 g/mol. The second kappa shape index (κ2) is 11.7. The maximum atomic E-state index is 11.4. The quantitative estimate of drug-likeness (QED) is 0.275. The third-order valence-electron chi connectivity index (χ3n) is 3.35. The summed E-state index contributed by atoms with van der Waals surface area (Å²) in [5.41, 5.74) is 1.10. The first kappa shape index (κ1) is 22.2. The van der Waals surface area contributed by atoms with Crippen LogP contribution >= 0.6 is 24.0 Å². The molecule has 0 unspecified atom stereocenters. The van der Waals surface area contributed by atoms with Crippen LogP contribution in [0.15, 0.2) is 34.2 Å². The number of unbranched alkanes of at least 4 members (excludes halogenated alkanes) is 2. The molecule has 0 amide bonds. The number of benzene rings is 1. The van der Waals surface area contributed by atoms with Gasteiger partial charge in [0.25, 0.3) is 0 Å². The van der Waals surface area contributed by atoms with Gasteiger partial charge in [-0.3, -0.25) is 4.99 Å². The van der Waals surface area contributed by atoms with E-state index in [9.17, 15) is 8.42 Å². The maximum Gasteiger partial charge on any atom is 0.190 e. The molecule has 0 aliphatic heterocycles. The Morgan fingerprint density at radius 1 is 1.09 bits per heavy atom. The van der Waals surface area contributed by atoms with Crippen molar-refractivity contribution in [2.75, 3.05) is 26.4 Å². The molecule has 0 aromatic heterocycles. The summed E-state index contributed by atoms with van der Waals surface area (Å²) in [7, 11) is -1.36. The molecule has 1 aromatic rings. The SMILES string of the molecule is CCCCCNC(=NC)NCCc1ccc(S(C)(=O)=O)cc1.I. The van der Waals surface area contributed by atoms with Gasteiger partial charge >= 0.3 is 0 Å². The fraction of sp³-hybridized carbons (Fsp3) is 0.562. The summed E-state index contributed by atoms with van der Waals surface area (Å²) in [5.74, 6) is 0.809. The van der Waals surface area contributed by atoms with Gasteiger partial charge in [0.05, 0.1) is 4.90 Å². The first-order valence-electron chi connectivity index (χ1n) is 7.71. The highest BCUT2D eigenvalue weighted by atomic mass is 127. The molecule has 0 radical (unpaired) electrons. The Hall–Kier alpha value is -0.830. The molecule has 1 rings (SSSR count). The van der Waals surface area contributed by atoms with Crippen molar-refractivity contribution in [2.24, 2.45) is 4.99 Å². The number of rotatable bonds is 8. The second-order valence-electron chi connectivity index (χ2n) is 5.30. The molecule has 5 nitrogen and oxygen atoms in total. The number of guanidine groups is 1. The molecule has 0 saturated heterocycles. The van der Waals surface area contributed by atoms with Gasteiger partial charge < -0.3 is 10.6 Å². The third kappa shape index (κ3) is 9.14. The van der Waals surface area contributed by atoms with Crippen LogP contribution in [0.2, 0.25) is 0 Å². The average Bonchev–Trinajstić information content (AvgIpc) is 2.49. The van der Waals surface area contributed by atoms with Crippen LogP contribution in [0.25, 0.3) is 0 Å². The number of hydrogen-bond acceptors (Lipinski definition) is 3. The molecule has 1 aromatic carbocycles. The molecule has 7 heteroatoms.